The highest BCUT2D eigenvalue weighted by Crippen LogP contribution is 2.57. The van der Waals surface area contributed by atoms with Crippen molar-refractivity contribution in [1.82, 2.24) is 55.9 Å². The summed E-state index contributed by atoms with van der Waals surface area (Å²) in [6.45, 7) is 37.3. The van der Waals surface area contributed by atoms with Crippen molar-refractivity contribution >= 4 is 64.8 Å². The molecule has 3 aliphatic heterocycles. The van der Waals surface area contributed by atoms with Crippen LogP contribution in [0.4, 0.5) is 31.8 Å². The third kappa shape index (κ3) is 10.1. The van der Waals surface area contributed by atoms with Crippen LogP contribution in [0.1, 0.15) is 182 Å². The maximum atomic E-state index is 12.9. The topological polar surface area (TPSA) is 303 Å². The quantitative estimate of drug-likeness (QED) is 0.0737. The molecule has 4 aromatic rings. The summed E-state index contributed by atoms with van der Waals surface area (Å²) in [7, 11) is 6.70. The number of amides is 9. The lowest BCUT2D eigenvalue weighted by atomic mass is 9.55. The van der Waals surface area contributed by atoms with Crippen LogP contribution in [0.3, 0.4) is 0 Å². The van der Waals surface area contributed by atoms with Crippen molar-refractivity contribution in [3.05, 3.63) is 85.9 Å². The molecule has 9 amide bonds. The van der Waals surface area contributed by atoms with Gasteiger partial charge in [0.25, 0.3) is 23.8 Å². The van der Waals surface area contributed by atoms with Gasteiger partial charge in [0, 0.05) is 90.9 Å². The number of aryl methyl sites for hydroxylation is 3. The molecule has 10 atom stereocenters. The molecule has 1 saturated carbocycles. The van der Waals surface area contributed by atoms with Crippen molar-refractivity contribution < 1.29 is 48.1 Å². The van der Waals surface area contributed by atoms with E-state index < -0.39 is 45.6 Å². The summed E-state index contributed by atoms with van der Waals surface area (Å²) in [4.78, 5) is 112. The molecule has 5 N–H and O–H groups in total. The number of anilines is 3. The van der Waals surface area contributed by atoms with E-state index >= 15 is 0 Å². The number of nitrogens with zero attached hydrogens (tertiary/aromatic N) is 12. The second-order valence-corrected chi connectivity index (χ2v) is 27.2. The van der Waals surface area contributed by atoms with Gasteiger partial charge >= 0.3 is 18.1 Å². The Labute approximate surface area is 526 Å². The number of carbonyl (C=O) groups is 8. The highest BCUT2D eigenvalue weighted by Gasteiger charge is 2.59. The first-order valence-electron chi connectivity index (χ1n) is 29.6. The fourth-order valence-corrected chi connectivity index (χ4v) is 16.1. The number of fused-ring (bicyclic) bond motifs is 10. The van der Waals surface area contributed by atoms with Gasteiger partial charge in [0.1, 0.15) is 39.8 Å². The summed E-state index contributed by atoms with van der Waals surface area (Å²) >= 11 is 0. The molecule has 26 heteroatoms. The van der Waals surface area contributed by atoms with E-state index in [0.29, 0.717) is 42.6 Å². The summed E-state index contributed by atoms with van der Waals surface area (Å²) in [5, 5.41) is 33.8. The van der Waals surface area contributed by atoms with Crippen LogP contribution in [0.15, 0.2) is 22.5 Å². The Morgan fingerprint density at radius 2 is 0.989 bits per heavy atom. The van der Waals surface area contributed by atoms with Gasteiger partial charge in [-0.2, -0.15) is 15.3 Å². The fourth-order valence-electron chi connectivity index (χ4n) is 16.1. The lowest BCUT2D eigenvalue weighted by Gasteiger charge is -2.46. The molecule has 13 rings (SSSR count). The van der Waals surface area contributed by atoms with Gasteiger partial charge in [0.05, 0.1) is 29.9 Å². The minimum atomic E-state index is -0.974. The lowest BCUT2D eigenvalue weighted by molar-refractivity contribution is -0.129. The van der Waals surface area contributed by atoms with Gasteiger partial charge in [0.15, 0.2) is 5.78 Å². The first kappa shape index (κ1) is 69.1. The van der Waals surface area contributed by atoms with E-state index in [1.807, 2.05) is 34.0 Å². The minimum absolute atomic E-state index is 0. The van der Waals surface area contributed by atoms with Crippen LogP contribution in [0.2, 0.25) is 0 Å². The maximum Gasteiger partial charge on any atom is 0.330 e. The van der Waals surface area contributed by atoms with E-state index in [1.165, 1.54) is 21.7 Å². The van der Waals surface area contributed by atoms with Gasteiger partial charge in [-0.1, -0.05) is 75.1 Å². The number of Topliss-reactive ketones (excluding diaryl/α,β-unsaturated/α-hetero) is 2. The Bertz CT molecular complexity index is 3770. The van der Waals surface area contributed by atoms with Crippen molar-refractivity contribution in [3.63, 3.8) is 0 Å². The van der Waals surface area contributed by atoms with Crippen molar-refractivity contribution in [2.24, 2.45) is 50.7 Å². The molecule has 90 heavy (non-hydrogen) atoms. The molecule has 7 heterocycles. The van der Waals surface area contributed by atoms with E-state index in [0.717, 1.165) is 77.2 Å². The van der Waals surface area contributed by atoms with Crippen LogP contribution in [0.25, 0.3) is 9.69 Å². The molecule has 26 nitrogen and oxygen atoms in total. The van der Waals surface area contributed by atoms with Crippen LogP contribution in [0.5, 0.6) is 0 Å². The van der Waals surface area contributed by atoms with Crippen molar-refractivity contribution in [1.29, 1.82) is 0 Å². The maximum absolute atomic E-state index is 12.9. The minimum Gasteiger partial charge on any atom is -0.361 e. The van der Waals surface area contributed by atoms with Crippen LogP contribution in [-0.2, 0) is 87.0 Å². The smallest absolute Gasteiger partial charge is 0.330 e. The third-order valence-corrected chi connectivity index (χ3v) is 20.4. The van der Waals surface area contributed by atoms with E-state index in [-0.39, 0.29) is 98.3 Å². The number of imide groups is 3. The number of aromatic nitrogens is 7. The summed E-state index contributed by atoms with van der Waals surface area (Å²) in [5.41, 5.74) is 4.25. The fraction of sp³-hybridized carbons (Fsp3) is 0.625. The monoisotopic (exact) mass is 1240 g/mol. The SMILES string of the molecule is C.C.C.CNO.C[C@@H]1c2oncc2C[C@]2(C)c3nn(C)c(N4C(=O)NC(C)(C)C4=O)c3CC[C@@H]12.[C-]#[N+]C1=C[C@]2(C)c3nn(C)c(N4C(=O)NC(C)(C)C4=O)c3CC[C@H]2[C@H](C)C1=O.[C-]#[N+]C1C[C@]2(C)c3nn(C)c(N4C(=O)NC(C)(C)C4=O)c3CC[C@H]2[C@H](C)C1=O. The molecular weight excluding hydrogens is 1150 g/mol. The number of urea groups is 3. The number of ketones is 2. The Balaban J connectivity index is 0.000000185. The summed E-state index contributed by atoms with van der Waals surface area (Å²) < 4.78 is 10.4. The molecule has 0 spiro atoms. The van der Waals surface area contributed by atoms with Gasteiger partial charge < -0.3 is 35.3 Å². The highest BCUT2D eigenvalue weighted by atomic mass is 16.5. The number of nitrogens with one attached hydrogen (secondary N) is 4. The first-order chi connectivity index (χ1) is 40.6. The summed E-state index contributed by atoms with van der Waals surface area (Å²) in [6.07, 6.45) is 9.28. The Hall–Kier alpha value is -8.36. The van der Waals surface area contributed by atoms with E-state index in [4.69, 9.17) is 33.1 Å². The van der Waals surface area contributed by atoms with Crippen molar-refractivity contribution in [2.45, 2.75) is 202 Å². The number of carbonyl (C=O) groups excluding carboxylic acids is 8. The second-order valence-electron chi connectivity index (χ2n) is 27.2. The number of allylic oxidation sites excluding steroid dienone is 2. The molecule has 6 aliphatic carbocycles. The molecule has 1 unspecified atom stereocenters. The van der Waals surface area contributed by atoms with E-state index in [1.54, 1.807) is 81.2 Å². The first-order valence-corrected chi connectivity index (χ1v) is 29.6. The molecule has 0 radical (unpaired) electrons. The Morgan fingerprint density at radius 3 is 1.39 bits per heavy atom. The molecule has 486 valence electrons. The normalized spacial score (nSPS) is 30.0. The van der Waals surface area contributed by atoms with Crippen molar-refractivity contribution in [2.75, 3.05) is 21.7 Å². The molecule has 3 saturated heterocycles. The molecule has 4 aromatic heterocycles. The average Bonchev–Trinajstić information content (AvgIpc) is 1.47. The number of rotatable bonds is 3. The number of hydroxylamine groups is 1. The number of hydrogen-bond acceptors (Lipinski definition) is 15. The Kier molecular flexibility index (Phi) is 18.0. The van der Waals surface area contributed by atoms with Crippen molar-refractivity contribution in [3.8, 4) is 0 Å². The molecule has 4 fully saturated rings. The zero-order valence-electron chi connectivity index (χ0n) is 52.3. The van der Waals surface area contributed by atoms with E-state index in [9.17, 15) is 38.4 Å². The standard InChI is InChI=1S/2C20H25N5O3.C20H23N5O3.CH5NO.3CH4/c1-10-13-7-6-12-15(20(13,4)8-11-9-21-28-14(10)11)23-24(5)16(12)25-17(26)19(2,3)22-18(25)27;2*1-10-12-8-7-11-15(20(12,4)9-13(21-5)14(10)26)23-24(6)16(11)25-17(27)19(2,3)22-18(25)28;1-2-3;;;/h9-10,13H,6-8H2,1-5H3,(H,22,27);10,12-13H,7-9H2,1-4,6H3,(H,22,28);9-10,12H,7-8H2,1-4,6H3,(H,22,28);2-3H,1H3;3*1H4/t10-,13-,20-;10-,12-,13?,20-;10-,12-,20-;;;;/m000..../s1. The van der Waals surface area contributed by atoms with Crippen LogP contribution < -0.4 is 36.1 Å². The predicted molar refractivity (Wildman–Crippen MR) is 335 cm³/mol. The number of hydrogen-bond donors (Lipinski definition) is 5. The molecule has 9 aliphatic rings. The molecule has 0 bridgehead atoms. The zero-order chi connectivity index (χ0) is 63.9. The summed E-state index contributed by atoms with van der Waals surface area (Å²) in [5.74, 6) is 1.90. The molecule has 0 aromatic carbocycles. The Morgan fingerprint density at radius 1 is 0.600 bits per heavy atom. The van der Waals surface area contributed by atoms with Gasteiger partial charge in [-0.05, 0) is 104 Å². The lowest BCUT2D eigenvalue weighted by Crippen LogP contribution is -2.51. The van der Waals surface area contributed by atoms with Gasteiger partial charge in [-0.25, -0.2) is 46.0 Å². The largest absolute Gasteiger partial charge is 0.361 e. The van der Waals surface area contributed by atoms with Crippen LogP contribution in [-0.4, -0.2) is 117 Å². The van der Waals surface area contributed by atoms with Crippen LogP contribution in [0, 0.1) is 42.7 Å². The van der Waals surface area contributed by atoms with Gasteiger partial charge in [-0.3, -0.25) is 33.2 Å². The third-order valence-electron chi connectivity index (χ3n) is 20.4. The summed E-state index contributed by atoms with van der Waals surface area (Å²) in [6, 6.07) is -1.95. The predicted octanol–water partition coefficient (Wildman–Crippen LogP) is 7.99. The molecular formula is C64H90N16O10. The zero-order valence-corrected chi connectivity index (χ0v) is 52.3. The average molecular weight is 1240 g/mol. The highest BCUT2D eigenvalue weighted by molar-refractivity contribution is 6.24. The van der Waals surface area contributed by atoms with E-state index in [2.05, 4.69) is 56.7 Å². The van der Waals surface area contributed by atoms with Crippen LogP contribution >= 0.6 is 0 Å². The van der Waals surface area contributed by atoms with Gasteiger partial charge in [0.2, 0.25) is 11.5 Å². The van der Waals surface area contributed by atoms with Gasteiger partial charge in [-0.15, -0.1) is 0 Å². The second kappa shape index (κ2) is 23.5.